The molecular weight excluding hydrogens is 383 g/mol. The van der Waals surface area contributed by atoms with Crippen molar-refractivity contribution in [3.05, 3.63) is 65.1 Å². The molecule has 1 heterocycles. The number of aromatic nitrogens is 2. The van der Waals surface area contributed by atoms with Crippen LogP contribution in [0.15, 0.2) is 42.5 Å². The topological polar surface area (TPSA) is 111 Å². The number of para-hydroxylation sites is 2. The molecule has 8 nitrogen and oxygen atoms in total. The van der Waals surface area contributed by atoms with Crippen molar-refractivity contribution < 1.29 is 33.7 Å². The normalized spacial score (nSPS) is 10.6. The Kier molecular flexibility index (Phi) is 5.49. The van der Waals surface area contributed by atoms with Crippen molar-refractivity contribution in [1.29, 1.82) is 0 Å². The number of carboxylic acids is 1. The maximum Gasteiger partial charge on any atom is 0.309 e. The minimum Gasteiger partial charge on any atom is -0.497 e. The molecule has 0 amide bonds. The van der Waals surface area contributed by atoms with Gasteiger partial charge >= 0.3 is 5.97 Å². The zero-order valence-corrected chi connectivity index (χ0v) is 15.5. The Morgan fingerprint density at radius 1 is 1.14 bits per heavy atom. The Hall–Kier alpha value is -3.88. The summed E-state index contributed by atoms with van der Waals surface area (Å²) in [6.45, 7) is 0. The van der Waals surface area contributed by atoms with E-state index in [1.54, 1.807) is 24.3 Å². The van der Waals surface area contributed by atoms with E-state index in [-0.39, 0.29) is 22.7 Å². The number of carbonyl (C=O) groups is 2. The van der Waals surface area contributed by atoms with E-state index in [9.17, 15) is 24.2 Å². The molecule has 0 unspecified atom stereocenters. The number of methoxy groups -OCH3 is 2. The summed E-state index contributed by atoms with van der Waals surface area (Å²) >= 11 is 0. The predicted molar refractivity (Wildman–Crippen MR) is 99.5 cm³/mol. The number of benzene rings is 2. The lowest BCUT2D eigenvalue weighted by Crippen LogP contribution is -2.10. The van der Waals surface area contributed by atoms with Gasteiger partial charge in [0.25, 0.3) is 0 Å². The molecule has 0 aliphatic rings. The van der Waals surface area contributed by atoms with Gasteiger partial charge in [-0.1, -0.05) is 12.1 Å². The molecule has 2 aromatic carbocycles. The zero-order valence-electron chi connectivity index (χ0n) is 15.5. The van der Waals surface area contributed by atoms with Gasteiger partial charge in [0.15, 0.2) is 0 Å². The van der Waals surface area contributed by atoms with Crippen molar-refractivity contribution in [1.82, 2.24) is 9.78 Å². The van der Waals surface area contributed by atoms with Gasteiger partial charge in [-0.2, -0.15) is 9.78 Å². The highest BCUT2D eigenvalue weighted by atomic mass is 19.1. The molecule has 9 heteroatoms. The number of aromatic hydroxyl groups is 1. The van der Waals surface area contributed by atoms with Gasteiger partial charge in [0.1, 0.15) is 28.6 Å². The molecule has 0 spiro atoms. The van der Waals surface area contributed by atoms with Crippen LogP contribution in [0.25, 0.3) is 5.69 Å². The molecule has 1 aromatic heterocycles. The second-order valence-electron chi connectivity index (χ2n) is 5.97. The third-order valence-corrected chi connectivity index (χ3v) is 4.21. The lowest BCUT2D eigenvalue weighted by Gasteiger charge is -2.09. The first kappa shape index (κ1) is 19.9. The summed E-state index contributed by atoms with van der Waals surface area (Å²) in [6, 6.07) is 10.1. The van der Waals surface area contributed by atoms with Gasteiger partial charge in [0, 0.05) is 6.07 Å². The van der Waals surface area contributed by atoms with E-state index < -0.39 is 35.4 Å². The van der Waals surface area contributed by atoms with E-state index in [0.29, 0.717) is 5.75 Å². The summed E-state index contributed by atoms with van der Waals surface area (Å²) in [5.41, 5.74) is -0.677. The highest BCUT2D eigenvalue weighted by Gasteiger charge is 2.29. The molecule has 0 saturated carbocycles. The van der Waals surface area contributed by atoms with E-state index in [1.807, 2.05) is 0 Å². The van der Waals surface area contributed by atoms with E-state index >= 15 is 0 Å². The van der Waals surface area contributed by atoms with Crippen LogP contribution in [-0.4, -0.2) is 46.0 Å². The quantitative estimate of drug-likeness (QED) is 0.587. The Morgan fingerprint density at radius 2 is 1.86 bits per heavy atom. The fourth-order valence-electron chi connectivity index (χ4n) is 2.87. The molecule has 0 bridgehead atoms. The lowest BCUT2D eigenvalue weighted by atomic mass is 10.0. The molecule has 0 aliphatic heterocycles. The summed E-state index contributed by atoms with van der Waals surface area (Å²) in [5, 5.41) is 24.0. The maximum atomic E-state index is 14.4. The van der Waals surface area contributed by atoms with Crippen LogP contribution in [0.1, 0.15) is 21.6 Å². The summed E-state index contributed by atoms with van der Waals surface area (Å²) in [5.74, 6) is -3.12. The molecule has 0 radical (unpaired) electrons. The van der Waals surface area contributed by atoms with Crippen LogP contribution in [0.2, 0.25) is 0 Å². The number of halogens is 1. The van der Waals surface area contributed by atoms with Crippen molar-refractivity contribution in [2.45, 2.75) is 6.42 Å². The summed E-state index contributed by atoms with van der Waals surface area (Å²) < 4.78 is 25.5. The molecule has 0 aliphatic carbocycles. The van der Waals surface area contributed by atoms with Crippen LogP contribution in [0, 0.1) is 5.82 Å². The summed E-state index contributed by atoms with van der Waals surface area (Å²) in [6.07, 6.45) is -0.644. The SMILES string of the molecule is COc1ccc(C(=O)c2c(CC(=O)O)nn(-c3ccccc3OC)c2O)c(F)c1. The second-order valence-corrected chi connectivity index (χ2v) is 5.97. The van der Waals surface area contributed by atoms with Crippen LogP contribution in [-0.2, 0) is 11.2 Å². The first-order valence-electron chi connectivity index (χ1n) is 8.41. The monoisotopic (exact) mass is 400 g/mol. The highest BCUT2D eigenvalue weighted by molar-refractivity contribution is 6.11. The molecular formula is C20H17FN2O6. The molecule has 0 fully saturated rings. The summed E-state index contributed by atoms with van der Waals surface area (Å²) in [4.78, 5) is 24.2. The molecule has 2 N–H and O–H groups in total. The van der Waals surface area contributed by atoms with Crippen LogP contribution < -0.4 is 9.47 Å². The van der Waals surface area contributed by atoms with Crippen molar-refractivity contribution in [2.75, 3.05) is 14.2 Å². The van der Waals surface area contributed by atoms with Crippen LogP contribution in [0.5, 0.6) is 17.4 Å². The smallest absolute Gasteiger partial charge is 0.309 e. The van der Waals surface area contributed by atoms with Crippen molar-refractivity contribution in [2.24, 2.45) is 0 Å². The van der Waals surface area contributed by atoms with Crippen molar-refractivity contribution >= 4 is 11.8 Å². The number of carboxylic acid groups (broad SMARTS) is 1. The molecule has 3 rings (SSSR count). The summed E-state index contributed by atoms with van der Waals surface area (Å²) in [7, 11) is 2.76. The Bertz CT molecular complexity index is 1090. The van der Waals surface area contributed by atoms with Gasteiger partial charge in [-0.15, -0.1) is 0 Å². The van der Waals surface area contributed by atoms with Crippen LogP contribution in [0.4, 0.5) is 4.39 Å². The van der Waals surface area contributed by atoms with Gasteiger partial charge in [-0.3, -0.25) is 9.59 Å². The average Bonchev–Trinajstić information content (AvgIpc) is 3.02. The fourth-order valence-corrected chi connectivity index (χ4v) is 2.87. The van der Waals surface area contributed by atoms with Gasteiger partial charge < -0.3 is 19.7 Å². The lowest BCUT2D eigenvalue weighted by molar-refractivity contribution is -0.136. The highest BCUT2D eigenvalue weighted by Crippen LogP contribution is 2.32. The van der Waals surface area contributed by atoms with Crippen LogP contribution >= 0.6 is 0 Å². The van der Waals surface area contributed by atoms with Crippen LogP contribution in [0.3, 0.4) is 0 Å². The number of nitrogens with zero attached hydrogens (tertiary/aromatic N) is 2. The van der Waals surface area contributed by atoms with E-state index in [4.69, 9.17) is 9.47 Å². The van der Waals surface area contributed by atoms with Gasteiger partial charge in [-0.05, 0) is 24.3 Å². The number of ketones is 1. The number of aliphatic carboxylic acids is 1. The third-order valence-electron chi connectivity index (χ3n) is 4.21. The fraction of sp³-hybridized carbons (Fsp3) is 0.150. The minimum absolute atomic E-state index is 0.207. The maximum absolute atomic E-state index is 14.4. The molecule has 29 heavy (non-hydrogen) atoms. The van der Waals surface area contributed by atoms with Gasteiger partial charge in [0.2, 0.25) is 11.7 Å². The van der Waals surface area contributed by atoms with Gasteiger partial charge in [0.05, 0.1) is 31.9 Å². The van der Waals surface area contributed by atoms with Crippen molar-refractivity contribution in [3.63, 3.8) is 0 Å². The predicted octanol–water partition coefficient (Wildman–Crippen LogP) is 2.59. The van der Waals surface area contributed by atoms with Crippen molar-refractivity contribution in [3.8, 4) is 23.1 Å². The van der Waals surface area contributed by atoms with Gasteiger partial charge in [-0.25, -0.2) is 4.39 Å². The number of hydrogen-bond acceptors (Lipinski definition) is 6. The number of hydrogen-bond donors (Lipinski definition) is 2. The molecule has 0 saturated heterocycles. The van der Waals surface area contributed by atoms with E-state index in [1.165, 1.54) is 26.4 Å². The second kappa shape index (κ2) is 8.01. The number of rotatable bonds is 7. The first-order valence-corrected chi connectivity index (χ1v) is 8.41. The Balaban J connectivity index is 2.18. The van der Waals surface area contributed by atoms with E-state index in [0.717, 1.165) is 10.7 Å². The molecule has 3 aromatic rings. The largest absolute Gasteiger partial charge is 0.497 e. The number of ether oxygens (including phenoxy) is 2. The average molecular weight is 400 g/mol. The molecule has 0 atom stereocenters. The number of carbonyl (C=O) groups excluding carboxylic acids is 1. The third kappa shape index (κ3) is 3.75. The first-order chi connectivity index (χ1) is 13.9. The Labute approximate surface area is 164 Å². The van der Waals surface area contributed by atoms with E-state index in [2.05, 4.69) is 5.10 Å². The minimum atomic E-state index is -1.26. The standard InChI is InChI=1S/C20H17FN2O6/c1-28-11-7-8-12(13(21)9-11)19(26)18-14(10-17(24)25)22-23(20(18)27)15-5-3-4-6-16(15)29-2/h3-9,27H,10H2,1-2H3,(H,24,25). The molecule has 150 valence electrons. The zero-order chi connectivity index (χ0) is 21.1. The Morgan fingerprint density at radius 3 is 2.48 bits per heavy atom.